The van der Waals surface area contributed by atoms with Crippen LogP contribution in [-0.2, 0) is 26.1 Å². The van der Waals surface area contributed by atoms with Gasteiger partial charge < -0.3 is 14.2 Å². The van der Waals surface area contributed by atoms with Crippen molar-refractivity contribution in [3.63, 3.8) is 0 Å². The highest BCUT2D eigenvalue weighted by atomic mass is 35.5. The molecule has 0 radical (unpaired) electrons. The summed E-state index contributed by atoms with van der Waals surface area (Å²) in [5.74, 6) is 0.210. The number of likely N-dealkylation sites (tertiary alicyclic amines) is 1. The van der Waals surface area contributed by atoms with E-state index >= 15 is 0 Å². The zero-order valence-electron chi connectivity index (χ0n) is 20.7. The number of halogens is 2. The van der Waals surface area contributed by atoms with Crippen molar-refractivity contribution in [3.8, 4) is 11.3 Å². The van der Waals surface area contributed by atoms with Crippen molar-refractivity contribution in [2.24, 2.45) is 4.99 Å². The second-order valence-electron chi connectivity index (χ2n) is 9.14. The lowest BCUT2D eigenvalue weighted by atomic mass is 10.1. The van der Waals surface area contributed by atoms with E-state index in [1.54, 1.807) is 30.3 Å². The predicted octanol–water partition coefficient (Wildman–Crippen LogP) is 4.79. The molecule has 0 bridgehead atoms. The first kappa shape index (κ1) is 27.4. The summed E-state index contributed by atoms with van der Waals surface area (Å²) >= 11 is 13.9. The van der Waals surface area contributed by atoms with Crippen LogP contribution in [0.3, 0.4) is 0 Å². The Hall–Kier alpha value is -2.21. The monoisotopic (exact) mass is 594 g/mol. The van der Waals surface area contributed by atoms with Crippen LogP contribution in [0.15, 0.2) is 57.7 Å². The molecule has 0 atom stereocenters. The fourth-order valence-corrected chi connectivity index (χ4v) is 7.28. The van der Waals surface area contributed by atoms with Gasteiger partial charge in [-0.05, 0) is 49.2 Å². The van der Waals surface area contributed by atoms with Gasteiger partial charge in [0.1, 0.15) is 0 Å². The number of aromatic nitrogens is 1. The Morgan fingerprint density at radius 1 is 0.974 bits per heavy atom. The van der Waals surface area contributed by atoms with Crippen LogP contribution in [0.5, 0.6) is 0 Å². The van der Waals surface area contributed by atoms with Crippen LogP contribution >= 0.6 is 34.5 Å². The number of carbonyl (C=O) groups is 1. The summed E-state index contributed by atoms with van der Waals surface area (Å²) in [7, 11) is -3.57. The molecule has 0 spiro atoms. The van der Waals surface area contributed by atoms with Gasteiger partial charge in [-0.15, -0.1) is 11.3 Å². The third kappa shape index (κ3) is 6.00. The number of nitrogens with zero attached hydrogens (tertiary/aromatic N) is 4. The summed E-state index contributed by atoms with van der Waals surface area (Å²) in [5, 5.41) is 2.98. The van der Waals surface area contributed by atoms with Gasteiger partial charge in [0.25, 0.3) is 0 Å². The lowest BCUT2D eigenvalue weighted by molar-refractivity contribution is -0.127. The Morgan fingerprint density at radius 2 is 1.74 bits per heavy atom. The number of carbonyl (C=O) groups excluding carboxylic acids is 1. The van der Waals surface area contributed by atoms with E-state index in [4.69, 9.17) is 32.9 Å². The normalized spacial score (nSPS) is 17.5. The molecule has 202 valence electrons. The van der Waals surface area contributed by atoms with Crippen molar-refractivity contribution in [3.05, 3.63) is 62.7 Å². The summed E-state index contributed by atoms with van der Waals surface area (Å²) in [6.45, 7) is 3.66. The van der Waals surface area contributed by atoms with E-state index in [1.165, 1.54) is 15.6 Å². The summed E-state index contributed by atoms with van der Waals surface area (Å²) < 4.78 is 34.8. The van der Waals surface area contributed by atoms with Crippen LogP contribution in [0, 0.1) is 0 Å². The van der Waals surface area contributed by atoms with Crippen molar-refractivity contribution in [2.45, 2.75) is 30.7 Å². The van der Waals surface area contributed by atoms with Gasteiger partial charge in [-0.2, -0.15) is 4.31 Å². The smallest absolute Gasteiger partial charge is 0.243 e. The van der Waals surface area contributed by atoms with Crippen molar-refractivity contribution < 1.29 is 17.9 Å². The Balaban J connectivity index is 1.43. The van der Waals surface area contributed by atoms with E-state index in [1.807, 2.05) is 22.4 Å². The van der Waals surface area contributed by atoms with E-state index in [2.05, 4.69) is 4.57 Å². The van der Waals surface area contributed by atoms with Gasteiger partial charge in [0.05, 0.1) is 39.5 Å². The Morgan fingerprint density at radius 3 is 2.42 bits per heavy atom. The SMILES string of the molecule is O=C1CCCN1CCCn1c(-c2ccc(Cl)c(Cl)c2)csc1=Nc1ccc(S(=O)(=O)N2CCOCC2)cc1. The Bertz CT molecular complexity index is 1480. The Labute approximate surface area is 236 Å². The molecule has 2 aliphatic rings. The minimum Gasteiger partial charge on any atom is -0.379 e. The van der Waals surface area contributed by atoms with Gasteiger partial charge in [-0.1, -0.05) is 29.3 Å². The second-order valence-corrected chi connectivity index (χ2v) is 12.7. The van der Waals surface area contributed by atoms with Crippen LogP contribution in [-0.4, -0.2) is 67.5 Å². The maximum Gasteiger partial charge on any atom is 0.243 e. The Kier molecular flexibility index (Phi) is 8.56. The first-order valence-electron chi connectivity index (χ1n) is 12.5. The minimum absolute atomic E-state index is 0.210. The third-order valence-corrected chi connectivity index (χ3v) is 10.2. The number of hydrogen-bond donors (Lipinski definition) is 0. The number of morpholine rings is 1. The molecule has 38 heavy (non-hydrogen) atoms. The van der Waals surface area contributed by atoms with Crippen LogP contribution in [0.4, 0.5) is 5.69 Å². The molecule has 5 rings (SSSR count). The first-order chi connectivity index (χ1) is 18.3. The zero-order chi connectivity index (χ0) is 26.7. The van der Waals surface area contributed by atoms with Crippen molar-refractivity contribution >= 4 is 56.2 Å². The molecule has 0 N–H and O–H groups in total. The fraction of sp³-hybridized carbons (Fsp3) is 0.385. The molecular formula is C26H28Cl2N4O4S2. The molecule has 2 aliphatic heterocycles. The number of rotatable bonds is 8. The largest absolute Gasteiger partial charge is 0.379 e. The highest BCUT2D eigenvalue weighted by Crippen LogP contribution is 2.29. The molecular weight excluding hydrogens is 567 g/mol. The molecule has 0 unspecified atom stereocenters. The number of ether oxygens (including phenoxy) is 1. The van der Waals surface area contributed by atoms with Gasteiger partial charge >= 0.3 is 0 Å². The van der Waals surface area contributed by atoms with E-state index < -0.39 is 10.0 Å². The summed E-state index contributed by atoms with van der Waals surface area (Å²) in [6.07, 6.45) is 2.31. The minimum atomic E-state index is -3.57. The first-order valence-corrected chi connectivity index (χ1v) is 15.5. The summed E-state index contributed by atoms with van der Waals surface area (Å²) in [5.41, 5.74) is 2.52. The average molecular weight is 596 g/mol. The quantitative estimate of drug-likeness (QED) is 0.375. The van der Waals surface area contributed by atoms with Gasteiger partial charge in [0.15, 0.2) is 4.80 Å². The van der Waals surface area contributed by atoms with E-state index in [0.717, 1.165) is 35.4 Å². The third-order valence-electron chi connectivity index (χ3n) is 6.66. The van der Waals surface area contributed by atoms with Crippen LogP contribution in [0.25, 0.3) is 11.3 Å². The number of hydrogen-bond acceptors (Lipinski definition) is 6. The van der Waals surface area contributed by atoms with Crippen LogP contribution < -0.4 is 4.80 Å². The van der Waals surface area contributed by atoms with Gasteiger partial charge in [0, 0.05) is 50.1 Å². The molecule has 2 fully saturated rings. The van der Waals surface area contributed by atoms with Crippen molar-refractivity contribution in [1.82, 2.24) is 13.8 Å². The molecule has 1 aromatic heterocycles. The summed E-state index contributed by atoms with van der Waals surface area (Å²) in [4.78, 5) is 19.8. The molecule has 3 heterocycles. The van der Waals surface area contributed by atoms with Crippen molar-refractivity contribution in [1.29, 1.82) is 0 Å². The van der Waals surface area contributed by atoms with Gasteiger partial charge in [-0.3, -0.25) is 4.79 Å². The van der Waals surface area contributed by atoms with E-state index in [-0.39, 0.29) is 10.8 Å². The van der Waals surface area contributed by atoms with E-state index in [9.17, 15) is 13.2 Å². The highest BCUT2D eigenvalue weighted by molar-refractivity contribution is 7.89. The molecule has 2 aromatic carbocycles. The van der Waals surface area contributed by atoms with E-state index in [0.29, 0.717) is 61.5 Å². The number of thiazole rings is 1. The maximum atomic E-state index is 13.0. The molecule has 0 aliphatic carbocycles. The van der Waals surface area contributed by atoms with Crippen LogP contribution in [0.1, 0.15) is 19.3 Å². The number of benzene rings is 2. The standard InChI is InChI=1S/C26H28Cl2N4O4S2/c27-22-9-4-19(17-23(22)28)24-18-37-26(32(24)12-2-11-30-10-1-3-25(30)33)29-20-5-7-21(8-6-20)38(34,35)31-13-15-36-16-14-31/h4-9,17-18H,1-3,10-16H2. The zero-order valence-corrected chi connectivity index (χ0v) is 23.8. The lowest BCUT2D eigenvalue weighted by Gasteiger charge is -2.26. The molecule has 2 saturated heterocycles. The topological polar surface area (TPSA) is 84.2 Å². The van der Waals surface area contributed by atoms with Crippen LogP contribution in [0.2, 0.25) is 10.0 Å². The molecule has 1 amide bonds. The second kappa shape index (κ2) is 11.9. The fourth-order valence-electron chi connectivity index (χ4n) is 4.62. The molecule has 8 nitrogen and oxygen atoms in total. The lowest BCUT2D eigenvalue weighted by Crippen LogP contribution is -2.40. The number of amides is 1. The number of sulfonamides is 1. The highest BCUT2D eigenvalue weighted by Gasteiger charge is 2.26. The average Bonchev–Trinajstić information content (AvgIpc) is 3.52. The van der Waals surface area contributed by atoms with Gasteiger partial charge in [-0.25, -0.2) is 13.4 Å². The van der Waals surface area contributed by atoms with Gasteiger partial charge in [0.2, 0.25) is 15.9 Å². The molecule has 12 heteroatoms. The maximum absolute atomic E-state index is 13.0. The predicted molar refractivity (Wildman–Crippen MR) is 149 cm³/mol. The summed E-state index contributed by atoms with van der Waals surface area (Å²) in [6, 6.07) is 12.2. The van der Waals surface area contributed by atoms with Crippen molar-refractivity contribution in [2.75, 3.05) is 39.4 Å². The molecule has 0 saturated carbocycles. The molecule has 3 aromatic rings.